The van der Waals surface area contributed by atoms with E-state index in [4.69, 9.17) is 9.47 Å². The molecular weight excluding hydrogens is 364 g/mol. The zero-order chi connectivity index (χ0) is 20.5. The van der Waals surface area contributed by atoms with Gasteiger partial charge in [0.2, 0.25) is 0 Å². The van der Waals surface area contributed by atoms with E-state index in [-0.39, 0.29) is 12.1 Å². The summed E-state index contributed by atoms with van der Waals surface area (Å²) in [5.74, 6) is 0.807. The monoisotopic (exact) mass is 389 g/mol. The average molecular weight is 389 g/mol. The zero-order valence-electron chi connectivity index (χ0n) is 16.3. The molecule has 0 amide bonds. The van der Waals surface area contributed by atoms with Crippen LogP contribution in [0.25, 0.3) is 0 Å². The predicted molar refractivity (Wildman–Crippen MR) is 107 cm³/mol. The van der Waals surface area contributed by atoms with Gasteiger partial charge in [-0.15, -0.1) is 6.58 Å². The molecule has 0 unspecified atom stereocenters. The summed E-state index contributed by atoms with van der Waals surface area (Å²) in [6, 6.07) is 7.22. The molecule has 0 bridgehead atoms. The highest BCUT2D eigenvalue weighted by Crippen LogP contribution is 2.33. The lowest BCUT2D eigenvalue weighted by atomic mass is 10.1. The first-order valence-electron chi connectivity index (χ1n) is 8.75. The van der Waals surface area contributed by atoms with Gasteiger partial charge in [0.1, 0.15) is 11.6 Å². The van der Waals surface area contributed by atoms with Gasteiger partial charge in [0.05, 0.1) is 14.2 Å². The largest absolute Gasteiger partial charge is 0.493 e. The minimum Gasteiger partial charge on any atom is -0.493 e. The fourth-order valence-electron chi connectivity index (χ4n) is 2.78. The molecule has 0 saturated heterocycles. The number of allylic oxidation sites excluding steroid dienone is 1. The Hall–Kier alpha value is -3.09. The number of nitrogens with zero attached hydrogens (tertiary/aromatic N) is 1. The van der Waals surface area contributed by atoms with Gasteiger partial charge in [0.25, 0.3) is 0 Å². The summed E-state index contributed by atoms with van der Waals surface area (Å²) >= 11 is 0. The molecule has 0 aliphatic carbocycles. The van der Waals surface area contributed by atoms with Crippen LogP contribution in [0.3, 0.4) is 0 Å². The number of rotatable bonds is 8. The Morgan fingerprint density at radius 3 is 2.46 bits per heavy atom. The summed E-state index contributed by atoms with van der Waals surface area (Å²) < 4.78 is 37.9. The quantitative estimate of drug-likeness (QED) is 0.412. The Morgan fingerprint density at radius 1 is 1.07 bits per heavy atom. The topological polar surface area (TPSA) is 54.9 Å². The summed E-state index contributed by atoms with van der Waals surface area (Å²) in [6.45, 7) is 4.33. The number of hydrogen-bond acceptors (Lipinski definition) is 3. The molecule has 5 nitrogen and oxygen atoms in total. The Morgan fingerprint density at radius 2 is 1.82 bits per heavy atom. The number of guanidine groups is 1. The molecule has 0 aromatic heterocycles. The summed E-state index contributed by atoms with van der Waals surface area (Å²) in [5, 5.41) is 6.12. The van der Waals surface area contributed by atoms with Crippen LogP contribution in [0.15, 0.2) is 48.0 Å². The van der Waals surface area contributed by atoms with Crippen molar-refractivity contribution in [2.45, 2.75) is 19.5 Å². The van der Waals surface area contributed by atoms with E-state index in [1.807, 2.05) is 12.1 Å². The summed E-state index contributed by atoms with van der Waals surface area (Å²) in [5.41, 5.74) is 2.13. The minimum absolute atomic E-state index is 0.108. The molecule has 2 aromatic carbocycles. The fraction of sp³-hybridized carbons (Fsp3) is 0.286. The number of benzene rings is 2. The molecule has 0 fully saturated rings. The molecule has 0 spiro atoms. The van der Waals surface area contributed by atoms with Gasteiger partial charge >= 0.3 is 0 Å². The lowest BCUT2D eigenvalue weighted by Gasteiger charge is -2.16. The number of nitrogens with one attached hydrogen (secondary N) is 2. The Bertz CT molecular complexity index is 854. The lowest BCUT2D eigenvalue weighted by molar-refractivity contribution is 0.352. The first-order chi connectivity index (χ1) is 13.5. The molecule has 0 aliphatic heterocycles. The number of aliphatic imine (C=N–C) groups is 1. The maximum Gasteiger partial charge on any atom is 0.191 e. The molecule has 0 atom stereocenters. The van der Waals surface area contributed by atoms with Crippen LogP contribution < -0.4 is 20.1 Å². The third-order valence-corrected chi connectivity index (χ3v) is 4.12. The third-order valence-electron chi connectivity index (χ3n) is 4.12. The van der Waals surface area contributed by atoms with Crippen molar-refractivity contribution >= 4 is 5.96 Å². The van der Waals surface area contributed by atoms with Crippen LogP contribution in [0, 0.1) is 11.6 Å². The van der Waals surface area contributed by atoms with Crippen molar-refractivity contribution in [2.75, 3.05) is 21.3 Å². The van der Waals surface area contributed by atoms with E-state index in [9.17, 15) is 8.78 Å². The van der Waals surface area contributed by atoms with Gasteiger partial charge in [0.15, 0.2) is 17.5 Å². The van der Waals surface area contributed by atoms with Crippen molar-refractivity contribution in [2.24, 2.45) is 4.99 Å². The molecular formula is C21H25F2N3O2. The molecule has 28 heavy (non-hydrogen) atoms. The van der Waals surface area contributed by atoms with Gasteiger partial charge < -0.3 is 20.1 Å². The average Bonchev–Trinajstić information content (AvgIpc) is 2.70. The standard InChI is InChI=1S/C21H25F2N3O2/c1-5-6-15-9-14(10-19(27-3)20(15)28-4)12-25-21(24-2)26-13-16-11-17(22)7-8-18(16)23/h5,7-11H,1,6,12-13H2,2-4H3,(H2,24,25,26). The van der Waals surface area contributed by atoms with Crippen molar-refractivity contribution in [1.82, 2.24) is 10.6 Å². The lowest BCUT2D eigenvalue weighted by Crippen LogP contribution is -2.36. The van der Waals surface area contributed by atoms with Crippen molar-refractivity contribution < 1.29 is 18.3 Å². The van der Waals surface area contributed by atoms with Crippen molar-refractivity contribution in [3.05, 3.63) is 71.3 Å². The maximum atomic E-state index is 13.7. The summed E-state index contributed by atoms with van der Waals surface area (Å²) in [6.07, 6.45) is 2.43. The Balaban J connectivity index is 2.07. The van der Waals surface area contributed by atoms with Crippen LogP contribution in [0.1, 0.15) is 16.7 Å². The van der Waals surface area contributed by atoms with E-state index >= 15 is 0 Å². The third kappa shape index (κ3) is 5.45. The van der Waals surface area contributed by atoms with Crippen LogP contribution in [0.2, 0.25) is 0 Å². The molecule has 2 rings (SSSR count). The minimum atomic E-state index is -0.485. The first kappa shape index (κ1) is 21.2. The maximum absolute atomic E-state index is 13.7. The van der Waals surface area contributed by atoms with Crippen molar-refractivity contribution in [3.8, 4) is 11.5 Å². The van der Waals surface area contributed by atoms with E-state index in [1.54, 1.807) is 27.3 Å². The number of hydrogen-bond donors (Lipinski definition) is 2. The van der Waals surface area contributed by atoms with E-state index < -0.39 is 11.6 Å². The Kier molecular flexibility index (Phi) is 7.80. The molecule has 0 radical (unpaired) electrons. The van der Waals surface area contributed by atoms with Crippen LogP contribution in [-0.4, -0.2) is 27.2 Å². The van der Waals surface area contributed by atoms with Gasteiger partial charge in [-0.3, -0.25) is 4.99 Å². The van der Waals surface area contributed by atoms with Gasteiger partial charge in [-0.1, -0.05) is 6.08 Å². The van der Waals surface area contributed by atoms with E-state index in [1.165, 1.54) is 0 Å². The Labute approximate surface area is 164 Å². The second-order valence-electron chi connectivity index (χ2n) is 6.00. The molecule has 0 saturated carbocycles. The normalized spacial score (nSPS) is 11.1. The molecule has 0 aliphatic rings. The highest BCUT2D eigenvalue weighted by molar-refractivity contribution is 5.79. The van der Waals surface area contributed by atoms with E-state index in [0.29, 0.717) is 30.4 Å². The van der Waals surface area contributed by atoms with Crippen LogP contribution >= 0.6 is 0 Å². The van der Waals surface area contributed by atoms with Gasteiger partial charge in [-0.05, 0) is 42.3 Å². The van der Waals surface area contributed by atoms with Crippen LogP contribution in [0.5, 0.6) is 11.5 Å². The first-order valence-corrected chi connectivity index (χ1v) is 8.75. The van der Waals surface area contributed by atoms with Crippen LogP contribution in [-0.2, 0) is 19.5 Å². The van der Waals surface area contributed by atoms with Crippen molar-refractivity contribution in [3.63, 3.8) is 0 Å². The van der Waals surface area contributed by atoms with E-state index in [0.717, 1.165) is 29.3 Å². The van der Waals surface area contributed by atoms with E-state index in [2.05, 4.69) is 22.2 Å². The number of methoxy groups -OCH3 is 2. The van der Waals surface area contributed by atoms with Gasteiger partial charge in [0, 0.05) is 31.3 Å². The number of halogens is 2. The van der Waals surface area contributed by atoms with Gasteiger partial charge in [-0.25, -0.2) is 8.78 Å². The molecule has 7 heteroatoms. The second kappa shape index (κ2) is 10.3. The highest BCUT2D eigenvalue weighted by Gasteiger charge is 2.12. The van der Waals surface area contributed by atoms with Crippen LogP contribution in [0.4, 0.5) is 8.78 Å². The second-order valence-corrected chi connectivity index (χ2v) is 6.00. The number of ether oxygens (including phenoxy) is 2. The van der Waals surface area contributed by atoms with Gasteiger partial charge in [-0.2, -0.15) is 0 Å². The zero-order valence-corrected chi connectivity index (χ0v) is 16.3. The summed E-state index contributed by atoms with van der Waals surface area (Å²) in [4.78, 5) is 4.11. The SMILES string of the molecule is C=CCc1cc(CNC(=NC)NCc2cc(F)ccc2F)cc(OC)c1OC. The molecule has 0 heterocycles. The molecule has 2 aromatic rings. The highest BCUT2D eigenvalue weighted by atomic mass is 19.1. The smallest absolute Gasteiger partial charge is 0.191 e. The fourth-order valence-corrected chi connectivity index (χ4v) is 2.78. The predicted octanol–water partition coefficient (Wildman–Crippen LogP) is 3.58. The molecule has 2 N–H and O–H groups in total. The molecule has 150 valence electrons. The van der Waals surface area contributed by atoms with Crippen molar-refractivity contribution in [1.29, 1.82) is 0 Å². The summed E-state index contributed by atoms with van der Waals surface area (Å²) in [7, 11) is 4.79.